The number of hydrogen-bond donors (Lipinski definition) is 2. The lowest BCUT2D eigenvalue weighted by atomic mass is 10.3. The van der Waals surface area contributed by atoms with Crippen molar-refractivity contribution in [2.45, 2.75) is 4.90 Å². The number of nitrogens with zero attached hydrogens (tertiary/aromatic N) is 2. The molecule has 0 spiro atoms. The van der Waals surface area contributed by atoms with E-state index in [2.05, 4.69) is 10.2 Å². The van der Waals surface area contributed by atoms with E-state index in [1.807, 2.05) is 6.07 Å². The molecule has 0 heterocycles. The Kier molecular flexibility index (Phi) is 3.59. The van der Waals surface area contributed by atoms with Crippen molar-refractivity contribution >= 4 is 27.2 Å². The van der Waals surface area contributed by atoms with E-state index in [0.717, 1.165) is 0 Å². The fourth-order valence-electron chi connectivity index (χ4n) is 1.46. The Hall–Kier alpha value is -2.25. The standard InChI is InChI=1S/C12H11N3O3S/c13-10-7-4-8-11(19(16,17)18)12(10)15-14-9-5-2-1-3-6-9/h1-8H,13H2,(H,16,17,18). The average Bonchev–Trinajstić information content (AvgIpc) is 2.37. The van der Waals surface area contributed by atoms with E-state index in [-0.39, 0.29) is 16.3 Å². The van der Waals surface area contributed by atoms with Gasteiger partial charge in [-0.3, -0.25) is 4.55 Å². The van der Waals surface area contributed by atoms with E-state index >= 15 is 0 Å². The lowest BCUT2D eigenvalue weighted by Crippen LogP contribution is -2.00. The van der Waals surface area contributed by atoms with Crippen LogP contribution in [0.4, 0.5) is 17.1 Å². The third kappa shape index (κ3) is 3.15. The molecule has 7 heteroatoms. The Morgan fingerprint density at radius 2 is 1.63 bits per heavy atom. The van der Waals surface area contributed by atoms with Crippen molar-refractivity contribution in [2.24, 2.45) is 10.2 Å². The molecule has 98 valence electrons. The summed E-state index contributed by atoms with van der Waals surface area (Å²) in [5.74, 6) is 0. The zero-order valence-corrected chi connectivity index (χ0v) is 10.6. The molecule has 0 atom stereocenters. The molecule has 19 heavy (non-hydrogen) atoms. The maximum atomic E-state index is 11.2. The third-order valence-corrected chi connectivity index (χ3v) is 3.22. The number of nitrogens with two attached hydrogens (primary N) is 1. The minimum absolute atomic E-state index is 0.0751. The number of hydrogen-bond acceptors (Lipinski definition) is 5. The Morgan fingerprint density at radius 3 is 2.26 bits per heavy atom. The van der Waals surface area contributed by atoms with Crippen LogP contribution >= 0.6 is 0 Å². The average molecular weight is 277 g/mol. The van der Waals surface area contributed by atoms with Gasteiger partial charge in [-0.25, -0.2) is 0 Å². The SMILES string of the molecule is Nc1cccc(S(=O)(=O)O)c1N=Nc1ccccc1. The molecule has 0 bridgehead atoms. The van der Waals surface area contributed by atoms with Crippen LogP contribution in [-0.2, 0) is 10.1 Å². The Balaban J connectivity index is 2.49. The molecule has 0 aliphatic carbocycles. The van der Waals surface area contributed by atoms with Gasteiger partial charge in [-0.1, -0.05) is 24.3 Å². The molecule has 3 N–H and O–H groups in total. The van der Waals surface area contributed by atoms with Crippen molar-refractivity contribution in [3.63, 3.8) is 0 Å². The van der Waals surface area contributed by atoms with E-state index in [9.17, 15) is 8.42 Å². The van der Waals surface area contributed by atoms with E-state index in [1.165, 1.54) is 18.2 Å². The van der Waals surface area contributed by atoms with Crippen LogP contribution in [0.15, 0.2) is 63.7 Å². The molecule has 0 amide bonds. The fourth-order valence-corrected chi connectivity index (χ4v) is 2.11. The number of anilines is 1. The van der Waals surface area contributed by atoms with Crippen molar-refractivity contribution in [1.82, 2.24) is 0 Å². The lowest BCUT2D eigenvalue weighted by molar-refractivity contribution is 0.483. The van der Waals surface area contributed by atoms with Crippen LogP contribution in [0.1, 0.15) is 0 Å². The van der Waals surface area contributed by atoms with Gasteiger partial charge in [0.2, 0.25) is 0 Å². The second kappa shape index (κ2) is 5.17. The van der Waals surface area contributed by atoms with Crippen molar-refractivity contribution in [3.8, 4) is 0 Å². The van der Waals surface area contributed by atoms with Crippen LogP contribution in [0.25, 0.3) is 0 Å². The molecule has 0 saturated carbocycles. The summed E-state index contributed by atoms with van der Waals surface area (Å²) < 4.78 is 31.5. The summed E-state index contributed by atoms with van der Waals surface area (Å²) >= 11 is 0. The van der Waals surface area contributed by atoms with Crippen LogP contribution < -0.4 is 5.73 Å². The maximum Gasteiger partial charge on any atom is 0.296 e. The molecule has 0 radical (unpaired) electrons. The van der Waals surface area contributed by atoms with Gasteiger partial charge in [-0.15, -0.1) is 5.11 Å². The predicted molar refractivity (Wildman–Crippen MR) is 71.3 cm³/mol. The highest BCUT2D eigenvalue weighted by Crippen LogP contribution is 2.31. The van der Waals surface area contributed by atoms with Gasteiger partial charge in [0.15, 0.2) is 0 Å². The summed E-state index contributed by atoms with van der Waals surface area (Å²) in [6, 6.07) is 12.9. The highest BCUT2D eigenvalue weighted by atomic mass is 32.2. The van der Waals surface area contributed by atoms with Gasteiger partial charge in [0, 0.05) is 0 Å². The first-order chi connectivity index (χ1) is 8.98. The normalized spacial score (nSPS) is 11.8. The molecular formula is C12H11N3O3S. The maximum absolute atomic E-state index is 11.2. The molecule has 0 aromatic heterocycles. The van der Waals surface area contributed by atoms with Crippen LogP contribution in [0.2, 0.25) is 0 Å². The van der Waals surface area contributed by atoms with Crippen molar-refractivity contribution in [2.75, 3.05) is 5.73 Å². The summed E-state index contributed by atoms with van der Waals surface area (Å²) in [5, 5.41) is 7.68. The molecule has 0 fully saturated rings. The number of rotatable bonds is 3. The zero-order valence-electron chi connectivity index (χ0n) is 9.76. The van der Waals surface area contributed by atoms with E-state index in [4.69, 9.17) is 10.3 Å². The molecule has 2 aromatic rings. The summed E-state index contributed by atoms with van der Waals surface area (Å²) in [7, 11) is -4.39. The second-order valence-corrected chi connectivity index (χ2v) is 5.09. The van der Waals surface area contributed by atoms with E-state index in [0.29, 0.717) is 5.69 Å². The van der Waals surface area contributed by atoms with Gasteiger partial charge in [-0.05, 0) is 24.3 Å². The Labute approximate surface area is 110 Å². The largest absolute Gasteiger partial charge is 0.397 e. The molecule has 0 unspecified atom stereocenters. The van der Waals surface area contributed by atoms with Gasteiger partial charge >= 0.3 is 0 Å². The first-order valence-corrected chi connectivity index (χ1v) is 6.75. The summed E-state index contributed by atoms with van der Waals surface area (Å²) in [4.78, 5) is -0.368. The zero-order chi connectivity index (χ0) is 13.9. The highest BCUT2D eigenvalue weighted by Gasteiger charge is 2.17. The Morgan fingerprint density at radius 1 is 0.947 bits per heavy atom. The van der Waals surface area contributed by atoms with Crippen LogP contribution in [0, 0.1) is 0 Å². The fraction of sp³-hybridized carbons (Fsp3) is 0. The smallest absolute Gasteiger partial charge is 0.296 e. The number of benzene rings is 2. The summed E-state index contributed by atoms with van der Waals surface area (Å²) in [6.07, 6.45) is 0. The highest BCUT2D eigenvalue weighted by molar-refractivity contribution is 7.86. The molecule has 6 nitrogen and oxygen atoms in total. The van der Waals surface area contributed by atoms with Gasteiger partial charge in [-0.2, -0.15) is 13.5 Å². The Bertz CT molecular complexity index is 712. The summed E-state index contributed by atoms with van der Waals surface area (Å²) in [6.45, 7) is 0. The number of nitrogen functional groups attached to an aromatic ring is 1. The van der Waals surface area contributed by atoms with Gasteiger partial charge in [0.1, 0.15) is 10.6 Å². The molecule has 0 saturated heterocycles. The first-order valence-electron chi connectivity index (χ1n) is 5.31. The molecule has 0 aliphatic heterocycles. The minimum Gasteiger partial charge on any atom is -0.397 e. The van der Waals surface area contributed by atoms with Crippen molar-refractivity contribution < 1.29 is 13.0 Å². The van der Waals surface area contributed by atoms with Crippen LogP contribution in [0.3, 0.4) is 0 Å². The predicted octanol–water partition coefficient (Wildman–Crippen LogP) is 2.93. The van der Waals surface area contributed by atoms with Crippen LogP contribution in [0.5, 0.6) is 0 Å². The molecule has 2 rings (SSSR count). The third-order valence-electron chi connectivity index (χ3n) is 2.33. The lowest BCUT2D eigenvalue weighted by Gasteiger charge is -2.04. The topological polar surface area (TPSA) is 105 Å². The van der Waals surface area contributed by atoms with E-state index in [1.54, 1.807) is 24.3 Å². The van der Waals surface area contributed by atoms with Gasteiger partial charge in [0.05, 0.1) is 11.4 Å². The van der Waals surface area contributed by atoms with Gasteiger partial charge < -0.3 is 5.73 Å². The minimum atomic E-state index is -4.39. The second-order valence-electron chi connectivity index (χ2n) is 3.70. The van der Waals surface area contributed by atoms with Crippen LogP contribution in [-0.4, -0.2) is 13.0 Å². The molecule has 2 aromatic carbocycles. The van der Waals surface area contributed by atoms with Crippen molar-refractivity contribution in [3.05, 3.63) is 48.5 Å². The van der Waals surface area contributed by atoms with Crippen molar-refractivity contribution in [1.29, 1.82) is 0 Å². The molecular weight excluding hydrogens is 266 g/mol. The summed E-state index contributed by atoms with van der Waals surface area (Å²) in [5.41, 5.74) is 6.25. The monoisotopic (exact) mass is 277 g/mol. The first kappa shape index (κ1) is 13.2. The van der Waals surface area contributed by atoms with E-state index < -0.39 is 10.1 Å². The number of azo groups is 1. The van der Waals surface area contributed by atoms with Gasteiger partial charge in [0.25, 0.3) is 10.1 Å². The quantitative estimate of drug-likeness (QED) is 0.511. The molecule has 0 aliphatic rings.